The number of amides is 1. The molecule has 0 bridgehead atoms. The number of hydrogen-bond acceptors (Lipinski definition) is 4. The summed E-state index contributed by atoms with van der Waals surface area (Å²) in [4.78, 5) is 13.3. The van der Waals surface area contributed by atoms with Crippen molar-refractivity contribution in [1.29, 1.82) is 5.26 Å². The van der Waals surface area contributed by atoms with E-state index >= 15 is 0 Å². The largest absolute Gasteiger partial charge is 0.394 e. The van der Waals surface area contributed by atoms with Gasteiger partial charge in [-0.3, -0.25) is 4.79 Å². The first kappa shape index (κ1) is 11.6. The average Bonchev–Trinajstić information content (AvgIpc) is 2.38. The van der Waals surface area contributed by atoms with Gasteiger partial charge in [-0.25, -0.2) is 0 Å². The van der Waals surface area contributed by atoms with Crippen molar-refractivity contribution in [2.45, 2.75) is 6.04 Å². The summed E-state index contributed by atoms with van der Waals surface area (Å²) in [5.74, 6) is -0.203. The van der Waals surface area contributed by atoms with Crippen molar-refractivity contribution in [2.75, 3.05) is 24.7 Å². The molecule has 1 atom stereocenters. The molecule has 1 unspecified atom stereocenters. The smallest absolute Gasteiger partial charge is 0.253 e. The first-order valence-corrected chi connectivity index (χ1v) is 5.27. The Balaban J connectivity index is 2.35. The molecule has 88 valence electrons. The first-order valence-electron chi connectivity index (χ1n) is 5.27. The molecule has 1 aliphatic heterocycles. The molecule has 1 heterocycles. The molecule has 0 spiro atoms. The highest BCUT2D eigenvalue weighted by atomic mass is 16.5. The molecule has 1 N–H and O–H groups in total. The van der Waals surface area contributed by atoms with Crippen LogP contribution in [0.3, 0.4) is 0 Å². The van der Waals surface area contributed by atoms with Crippen molar-refractivity contribution in [3.8, 4) is 6.07 Å². The van der Waals surface area contributed by atoms with Gasteiger partial charge in [0.2, 0.25) is 0 Å². The third-order valence-electron chi connectivity index (χ3n) is 2.63. The van der Waals surface area contributed by atoms with E-state index in [-0.39, 0.29) is 25.2 Å². The van der Waals surface area contributed by atoms with Gasteiger partial charge in [0.1, 0.15) is 6.61 Å². The van der Waals surface area contributed by atoms with E-state index in [4.69, 9.17) is 10.00 Å². The minimum Gasteiger partial charge on any atom is -0.394 e. The maximum absolute atomic E-state index is 11.8. The SMILES string of the molecule is N#Cc1cccc(N2C(=O)COCC2CO)c1. The van der Waals surface area contributed by atoms with Gasteiger partial charge in [0.05, 0.1) is 30.9 Å². The number of morpholine rings is 1. The van der Waals surface area contributed by atoms with E-state index in [1.54, 1.807) is 24.3 Å². The van der Waals surface area contributed by atoms with Crippen molar-refractivity contribution < 1.29 is 14.6 Å². The van der Waals surface area contributed by atoms with Crippen LogP contribution in [0.1, 0.15) is 5.56 Å². The minimum absolute atomic E-state index is 0.00722. The molecule has 0 saturated carbocycles. The zero-order valence-corrected chi connectivity index (χ0v) is 9.17. The Labute approximate surface area is 98.8 Å². The topological polar surface area (TPSA) is 73.6 Å². The van der Waals surface area contributed by atoms with Gasteiger partial charge in [0, 0.05) is 5.69 Å². The molecule has 0 aliphatic carbocycles. The first-order chi connectivity index (χ1) is 8.26. The van der Waals surface area contributed by atoms with Gasteiger partial charge in [0.15, 0.2) is 0 Å². The van der Waals surface area contributed by atoms with Gasteiger partial charge < -0.3 is 14.7 Å². The van der Waals surface area contributed by atoms with Crippen LogP contribution in [0, 0.1) is 11.3 Å². The minimum atomic E-state index is -0.384. The van der Waals surface area contributed by atoms with E-state index in [2.05, 4.69) is 0 Å². The zero-order valence-electron chi connectivity index (χ0n) is 9.17. The van der Waals surface area contributed by atoms with Gasteiger partial charge in [-0.15, -0.1) is 0 Å². The molecule has 17 heavy (non-hydrogen) atoms. The Morgan fingerprint density at radius 3 is 3.12 bits per heavy atom. The maximum atomic E-state index is 11.8. The van der Waals surface area contributed by atoms with Crippen LogP contribution < -0.4 is 4.90 Å². The second-order valence-corrected chi connectivity index (χ2v) is 3.78. The number of carbonyl (C=O) groups excluding carboxylic acids is 1. The predicted molar refractivity (Wildman–Crippen MR) is 60.3 cm³/mol. The van der Waals surface area contributed by atoms with Crippen LogP contribution in [0.25, 0.3) is 0 Å². The van der Waals surface area contributed by atoms with E-state index < -0.39 is 0 Å². The number of nitriles is 1. The number of rotatable bonds is 2. The molecule has 1 aliphatic rings. The third kappa shape index (κ3) is 2.28. The summed E-state index contributed by atoms with van der Waals surface area (Å²) in [5.41, 5.74) is 1.11. The fourth-order valence-corrected chi connectivity index (χ4v) is 1.84. The van der Waals surface area contributed by atoms with Crippen LogP contribution >= 0.6 is 0 Å². The molecule has 5 nitrogen and oxygen atoms in total. The number of benzene rings is 1. The zero-order chi connectivity index (χ0) is 12.3. The van der Waals surface area contributed by atoms with Gasteiger partial charge in [0.25, 0.3) is 5.91 Å². The lowest BCUT2D eigenvalue weighted by molar-refractivity contribution is -0.128. The lowest BCUT2D eigenvalue weighted by atomic mass is 10.1. The molecule has 5 heteroatoms. The van der Waals surface area contributed by atoms with E-state index in [0.717, 1.165) is 0 Å². The third-order valence-corrected chi connectivity index (χ3v) is 2.63. The summed E-state index contributed by atoms with van der Waals surface area (Å²) in [6, 6.07) is 8.39. The summed E-state index contributed by atoms with van der Waals surface area (Å²) in [7, 11) is 0. The lowest BCUT2D eigenvalue weighted by Crippen LogP contribution is -2.51. The normalized spacial score (nSPS) is 20.1. The number of anilines is 1. The van der Waals surface area contributed by atoms with Crippen LogP contribution in [0.5, 0.6) is 0 Å². The van der Waals surface area contributed by atoms with Crippen LogP contribution in [-0.4, -0.2) is 36.9 Å². The van der Waals surface area contributed by atoms with Gasteiger partial charge in [-0.1, -0.05) is 6.07 Å². The van der Waals surface area contributed by atoms with Gasteiger partial charge >= 0.3 is 0 Å². The molecule has 1 saturated heterocycles. The highest BCUT2D eigenvalue weighted by Crippen LogP contribution is 2.21. The Hall–Kier alpha value is -1.90. The van der Waals surface area contributed by atoms with Crippen molar-refractivity contribution in [1.82, 2.24) is 0 Å². The summed E-state index contributed by atoms with van der Waals surface area (Å²) in [5, 5.41) is 18.1. The van der Waals surface area contributed by atoms with Crippen molar-refractivity contribution in [3.05, 3.63) is 29.8 Å². The summed E-state index contributed by atoms with van der Waals surface area (Å²) in [6.45, 7) is 0.148. The average molecular weight is 232 g/mol. The van der Waals surface area contributed by atoms with Gasteiger partial charge in [-0.05, 0) is 18.2 Å². The standard InChI is InChI=1S/C12H12N2O3/c13-5-9-2-1-3-10(4-9)14-11(6-15)7-17-8-12(14)16/h1-4,11,15H,6-8H2. The number of aliphatic hydroxyl groups excluding tert-OH is 1. The Morgan fingerprint density at radius 1 is 1.59 bits per heavy atom. The molecule has 0 aromatic heterocycles. The molecule has 0 radical (unpaired) electrons. The number of carbonyl (C=O) groups is 1. The molecule has 1 fully saturated rings. The number of hydrogen-bond donors (Lipinski definition) is 1. The molecule has 2 rings (SSSR count). The van der Waals surface area contributed by atoms with E-state index in [0.29, 0.717) is 17.9 Å². The Bertz CT molecular complexity index is 467. The summed E-state index contributed by atoms with van der Waals surface area (Å²) < 4.78 is 5.08. The lowest BCUT2D eigenvalue weighted by Gasteiger charge is -2.34. The Morgan fingerprint density at radius 2 is 2.41 bits per heavy atom. The number of aliphatic hydroxyl groups is 1. The summed E-state index contributed by atoms with van der Waals surface area (Å²) >= 11 is 0. The quantitative estimate of drug-likeness (QED) is 0.795. The van der Waals surface area contributed by atoms with E-state index in [1.807, 2.05) is 6.07 Å². The predicted octanol–water partition coefficient (Wildman–Crippen LogP) is 0.282. The molecule has 1 aromatic rings. The van der Waals surface area contributed by atoms with Crippen LogP contribution in [0.4, 0.5) is 5.69 Å². The molecule has 1 amide bonds. The highest BCUT2D eigenvalue weighted by Gasteiger charge is 2.29. The van der Waals surface area contributed by atoms with Crippen molar-refractivity contribution in [2.24, 2.45) is 0 Å². The second-order valence-electron chi connectivity index (χ2n) is 3.78. The van der Waals surface area contributed by atoms with Crippen LogP contribution in [-0.2, 0) is 9.53 Å². The van der Waals surface area contributed by atoms with E-state index in [1.165, 1.54) is 4.90 Å². The second kappa shape index (κ2) is 4.95. The van der Waals surface area contributed by atoms with E-state index in [9.17, 15) is 9.90 Å². The van der Waals surface area contributed by atoms with Gasteiger partial charge in [-0.2, -0.15) is 5.26 Å². The summed E-state index contributed by atoms with van der Waals surface area (Å²) in [6.07, 6.45) is 0. The molecular weight excluding hydrogens is 220 g/mol. The fourth-order valence-electron chi connectivity index (χ4n) is 1.84. The number of ether oxygens (including phenoxy) is 1. The number of nitrogens with zero attached hydrogens (tertiary/aromatic N) is 2. The maximum Gasteiger partial charge on any atom is 0.253 e. The fraction of sp³-hybridized carbons (Fsp3) is 0.333. The van der Waals surface area contributed by atoms with Crippen LogP contribution in [0.2, 0.25) is 0 Å². The monoisotopic (exact) mass is 232 g/mol. The van der Waals surface area contributed by atoms with Crippen molar-refractivity contribution >= 4 is 11.6 Å². The van der Waals surface area contributed by atoms with Crippen molar-refractivity contribution in [3.63, 3.8) is 0 Å². The van der Waals surface area contributed by atoms with Crippen LogP contribution in [0.15, 0.2) is 24.3 Å². The molecule has 1 aromatic carbocycles. The Kier molecular flexibility index (Phi) is 3.38. The highest BCUT2D eigenvalue weighted by molar-refractivity contribution is 5.95. The molecular formula is C12H12N2O3.